The number of carbonyl (C=O) groups is 1. The number of carbonyl (C=O) groups excluding carboxylic acids is 1. The van der Waals surface area contributed by atoms with Gasteiger partial charge in [-0.1, -0.05) is 6.92 Å². The van der Waals surface area contributed by atoms with Crippen LogP contribution in [0, 0.1) is 5.92 Å². The summed E-state index contributed by atoms with van der Waals surface area (Å²) in [6.07, 6.45) is 0. The molecule has 0 saturated heterocycles. The fraction of sp³-hybridized carbons (Fsp3) is 0.417. The van der Waals surface area contributed by atoms with E-state index in [0.717, 1.165) is 11.4 Å². The largest absolute Gasteiger partial charge is 0.351 e. The molecule has 0 spiro atoms. The van der Waals surface area contributed by atoms with Crippen LogP contribution in [0.2, 0.25) is 0 Å². The minimum atomic E-state index is 0.0429. The molecule has 0 aliphatic carbocycles. The first kappa shape index (κ1) is 12.5. The van der Waals surface area contributed by atoms with Gasteiger partial charge >= 0.3 is 0 Å². The maximum atomic E-state index is 11.9. The van der Waals surface area contributed by atoms with E-state index in [2.05, 4.69) is 29.0 Å². The summed E-state index contributed by atoms with van der Waals surface area (Å²) in [4.78, 5) is 12.7. The van der Waals surface area contributed by atoms with Crippen molar-refractivity contribution in [1.82, 2.24) is 10.6 Å². The van der Waals surface area contributed by atoms with Gasteiger partial charge in [0.15, 0.2) is 0 Å². The molecule has 1 unspecified atom stereocenters. The van der Waals surface area contributed by atoms with Gasteiger partial charge in [-0.05, 0) is 37.0 Å². The average Bonchev–Trinajstić information content (AvgIpc) is 2.86. The van der Waals surface area contributed by atoms with Crippen molar-refractivity contribution >= 4 is 38.0 Å². The van der Waals surface area contributed by atoms with Gasteiger partial charge in [-0.25, -0.2) is 0 Å². The Morgan fingerprint density at radius 2 is 2.24 bits per heavy atom. The predicted octanol–water partition coefficient (Wildman–Crippen LogP) is 2.55. The summed E-state index contributed by atoms with van der Waals surface area (Å²) in [5, 5.41) is 8.13. The zero-order chi connectivity index (χ0) is 12.3. The molecular formula is C12H16N2OS2. The lowest BCUT2D eigenvalue weighted by atomic mass is 10.2. The van der Waals surface area contributed by atoms with Crippen LogP contribution in [0.15, 0.2) is 17.5 Å². The lowest BCUT2D eigenvalue weighted by Crippen LogP contribution is -2.31. The SMILES string of the molecule is CNCC(C)CNC(=O)c1cc2sccc2s1. The van der Waals surface area contributed by atoms with Gasteiger partial charge in [-0.15, -0.1) is 22.7 Å². The van der Waals surface area contributed by atoms with Crippen molar-refractivity contribution < 1.29 is 4.79 Å². The second-order valence-electron chi connectivity index (χ2n) is 4.13. The summed E-state index contributed by atoms with van der Waals surface area (Å²) in [5.41, 5.74) is 0. The van der Waals surface area contributed by atoms with Crippen molar-refractivity contribution in [3.05, 3.63) is 22.4 Å². The van der Waals surface area contributed by atoms with E-state index in [1.807, 2.05) is 13.1 Å². The number of thiophene rings is 2. The molecule has 2 heterocycles. The summed E-state index contributed by atoms with van der Waals surface area (Å²) >= 11 is 3.24. The highest BCUT2D eigenvalue weighted by atomic mass is 32.1. The topological polar surface area (TPSA) is 41.1 Å². The summed E-state index contributed by atoms with van der Waals surface area (Å²) < 4.78 is 2.40. The van der Waals surface area contributed by atoms with Gasteiger partial charge in [0.05, 0.1) is 4.88 Å². The Balaban J connectivity index is 1.94. The van der Waals surface area contributed by atoms with E-state index in [-0.39, 0.29) is 5.91 Å². The van der Waals surface area contributed by atoms with E-state index in [1.165, 1.54) is 9.40 Å². The third-order valence-electron chi connectivity index (χ3n) is 2.53. The standard InChI is InChI=1S/C12H16N2OS2/c1-8(6-13-2)7-14-12(15)11-5-10-9(17-11)3-4-16-10/h3-5,8,13H,6-7H2,1-2H3,(H,14,15). The molecule has 92 valence electrons. The van der Waals surface area contributed by atoms with Crippen LogP contribution in [0.5, 0.6) is 0 Å². The van der Waals surface area contributed by atoms with E-state index >= 15 is 0 Å². The Kier molecular flexibility index (Phi) is 4.15. The lowest BCUT2D eigenvalue weighted by molar-refractivity contribution is 0.0952. The average molecular weight is 268 g/mol. The van der Waals surface area contributed by atoms with Gasteiger partial charge < -0.3 is 10.6 Å². The first-order valence-corrected chi connectivity index (χ1v) is 7.30. The Hall–Kier alpha value is -0.910. The minimum absolute atomic E-state index is 0.0429. The maximum Gasteiger partial charge on any atom is 0.261 e. The van der Waals surface area contributed by atoms with Crippen LogP contribution in [0.25, 0.3) is 9.40 Å². The molecule has 0 aliphatic heterocycles. The Bertz CT molecular complexity index is 475. The Labute approximate surface area is 109 Å². The molecule has 5 heteroatoms. The molecule has 3 nitrogen and oxygen atoms in total. The van der Waals surface area contributed by atoms with Crippen molar-refractivity contribution in [2.75, 3.05) is 20.1 Å². The molecule has 2 rings (SSSR count). The molecule has 0 aromatic carbocycles. The van der Waals surface area contributed by atoms with Crippen LogP contribution in [-0.4, -0.2) is 26.0 Å². The molecule has 0 radical (unpaired) electrons. The fourth-order valence-electron chi connectivity index (χ4n) is 1.65. The quantitative estimate of drug-likeness (QED) is 0.875. The third kappa shape index (κ3) is 3.06. The summed E-state index contributed by atoms with van der Waals surface area (Å²) in [7, 11) is 1.92. The van der Waals surface area contributed by atoms with Gasteiger partial charge in [-0.3, -0.25) is 4.79 Å². The number of nitrogens with one attached hydrogen (secondary N) is 2. The first-order valence-electron chi connectivity index (χ1n) is 5.60. The molecule has 1 atom stereocenters. The highest BCUT2D eigenvalue weighted by molar-refractivity contribution is 7.27. The summed E-state index contributed by atoms with van der Waals surface area (Å²) in [5.74, 6) is 0.492. The molecule has 2 aromatic heterocycles. The first-order chi connectivity index (χ1) is 8.20. The van der Waals surface area contributed by atoms with E-state index in [1.54, 1.807) is 22.7 Å². The second kappa shape index (κ2) is 5.62. The molecule has 0 fully saturated rings. The van der Waals surface area contributed by atoms with Crippen molar-refractivity contribution in [1.29, 1.82) is 0 Å². The van der Waals surface area contributed by atoms with Crippen molar-refractivity contribution in [3.63, 3.8) is 0 Å². The van der Waals surface area contributed by atoms with Gasteiger partial charge in [-0.2, -0.15) is 0 Å². The van der Waals surface area contributed by atoms with Gasteiger partial charge in [0.2, 0.25) is 0 Å². The predicted molar refractivity (Wildman–Crippen MR) is 75.1 cm³/mol. The molecule has 0 saturated carbocycles. The highest BCUT2D eigenvalue weighted by Gasteiger charge is 2.11. The second-order valence-corrected chi connectivity index (χ2v) is 6.16. The molecule has 0 aliphatic rings. The van der Waals surface area contributed by atoms with Crippen LogP contribution in [-0.2, 0) is 0 Å². The summed E-state index contributed by atoms with van der Waals surface area (Å²) in [6, 6.07) is 4.04. The molecule has 0 bridgehead atoms. The third-order valence-corrected chi connectivity index (χ3v) is 4.62. The van der Waals surface area contributed by atoms with Crippen molar-refractivity contribution in [2.24, 2.45) is 5.92 Å². The van der Waals surface area contributed by atoms with Gasteiger partial charge in [0.25, 0.3) is 5.91 Å². The molecule has 2 N–H and O–H groups in total. The molecule has 17 heavy (non-hydrogen) atoms. The lowest BCUT2D eigenvalue weighted by Gasteiger charge is -2.10. The van der Waals surface area contributed by atoms with Gasteiger partial charge in [0, 0.05) is 15.9 Å². The van der Waals surface area contributed by atoms with Crippen LogP contribution < -0.4 is 10.6 Å². The number of hydrogen-bond donors (Lipinski definition) is 2. The minimum Gasteiger partial charge on any atom is -0.351 e. The van der Waals surface area contributed by atoms with E-state index in [9.17, 15) is 4.79 Å². The Morgan fingerprint density at radius 3 is 2.94 bits per heavy atom. The fourth-order valence-corrected chi connectivity index (χ4v) is 3.68. The normalized spacial score (nSPS) is 12.8. The maximum absolute atomic E-state index is 11.9. The van der Waals surface area contributed by atoms with Crippen molar-refractivity contribution in [3.8, 4) is 0 Å². The number of rotatable bonds is 5. The van der Waals surface area contributed by atoms with Crippen molar-refractivity contribution in [2.45, 2.75) is 6.92 Å². The van der Waals surface area contributed by atoms with Crippen LogP contribution in [0.1, 0.15) is 16.6 Å². The molecule has 2 aromatic rings. The van der Waals surface area contributed by atoms with Crippen LogP contribution in [0.4, 0.5) is 0 Å². The summed E-state index contributed by atoms with van der Waals surface area (Å²) in [6.45, 7) is 3.74. The van der Waals surface area contributed by atoms with Crippen LogP contribution >= 0.6 is 22.7 Å². The van der Waals surface area contributed by atoms with Gasteiger partial charge in [0.1, 0.15) is 0 Å². The zero-order valence-electron chi connectivity index (χ0n) is 9.95. The van der Waals surface area contributed by atoms with Crippen LogP contribution in [0.3, 0.4) is 0 Å². The van der Waals surface area contributed by atoms with E-state index < -0.39 is 0 Å². The highest BCUT2D eigenvalue weighted by Crippen LogP contribution is 2.29. The monoisotopic (exact) mass is 268 g/mol. The number of amides is 1. The van der Waals surface area contributed by atoms with E-state index in [4.69, 9.17) is 0 Å². The smallest absolute Gasteiger partial charge is 0.261 e. The zero-order valence-corrected chi connectivity index (χ0v) is 11.6. The number of fused-ring (bicyclic) bond motifs is 1. The van der Waals surface area contributed by atoms with E-state index in [0.29, 0.717) is 12.5 Å². The molecular weight excluding hydrogens is 252 g/mol. The number of hydrogen-bond acceptors (Lipinski definition) is 4. The Morgan fingerprint density at radius 1 is 1.41 bits per heavy atom. The molecule has 1 amide bonds.